The summed E-state index contributed by atoms with van der Waals surface area (Å²) in [7, 11) is 0. The summed E-state index contributed by atoms with van der Waals surface area (Å²) in [5, 5.41) is 2.68. The normalized spacial score (nSPS) is 14.7. The number of carbonyl (C=O) groups excluding carboxylic acids is 1. The molecule has 2 aromatic carbocycles. The molecule has 1 heterocycles. The van der Waals surface area contributed by atoms with E-state index in [1.807, 2.05) is 18.7 Å². The molecule has 1 saturated heterocycles. The van der Waals surface area contributed by atoms with Gasteiger partial charge in [-0.1, -0.05) is 13.8 Å². The summed E-state index contributed by atoms with van der Waals surface area (Å²) in [4.78, 5) is 14.8. The second kappa shape index (κ2) is 9.41. The minimum Gasteiger partial charge on any atom is -0.493 e. The fourth-order valence-corrected chi connectivity index (χ4v) is 3.38. The van der Waals surface area contributed by atoms with Gasteiger partial charge in [0.05, 0.1) is 23.5 Å². The van der Waals surface area contributed by atoms with E-state index in [2.05, 4.69) is 5.32 Å². The monoisotopic (exact) mass is 420 g/mol. The first-order chi connectivity index (χ1) is 14.2. The molecule has 1 fully saturated rings. The Kier molecular flexibility index (Phi) is 6.90. The molecule has 1 aliphatic heterocycles. The van der Waals surface area contributed by atoms with Gasteiger partial charge in [0, 0.05) is 18.7 Å². The molecule has 0 atom stereocenters. The number of piperidine rings is 1. The summed E-state index contributed by atoms with van der Waals surface area (Å²) in [6.07, 6.45) is -1.42. The van der Waals surface area contributed by atoms with Crippen molar-refractivity contribution < 1.29 is 22.7 Å². The number of hydrogen-bond acceptors (Lipinski definition) is 3. The third-order valence-electron chi connectivity index (χ3n) is 4.97. The Hall–Kier alpha value is -2.70. The van der Waals surface area contributed by atoms with E-state index in [-0.39, 0.29) is 5.69 Å². The van der Waals surface area contributed by atoms with Crippen LogP contribution in [0, 0.1) is 5.92 Å². The van der Waals surface area contributed by atoms with Gasteiger partial charge >= 0.3 is 6.18 Å². The van der Waals surface area contributed by atoms with Crippen molar-refractivity contribution in [1.82, 2.24) is 0 Å². The molecule has 2 aromatic rings. The van der Waals surface area contributed by atoms with E-state index in [1.165, 1.54) is 6.07 Å². The minimum absolute atomic E-state index is 0.178. The minimum atomic E-state index is -4.48. The number of halogens is 3. The summed E-state index contributed by atoms with van der Waals surface area (Å²) < 4.78 is 45.3. The number of benzene rings is 2. The molecule has 0 aromatic heterocycles. The van der Waals surface area contributed by atoms with Crippen LogP contribution in [0.1, 0.15) is 49.0 Å². The zero-order valence-corrected chi connectivity index (χ0v) is 17.3. The van der Waals surface area contributed by atoms with Crippen LogP contribution in [0.3, 0.4) is 0 Å². The van der Waals surface area contributed by atoms with Crippen LogP contribution < -0.4 is 15.0 Å². The summed E-state index contributed by atoms with van der Waals surface area (Å²) in [6, 6.07) is 10.1. The third kappa shape index (κ3) is 5.68. The van der Waals surface area contributed by atoms with Crippen molar-refractivity contribution in [1.29, 1.82) is 0 Å². The predicted octanol–water partition coefficient (Wildman–Crippen LogP) is 5.98. The van der Waals surface area contributed by atoms with Gasteiger partial charge in [0.2, 0.25) is 0 Å². The fourth-order valence-electron chi connectivity index (χ4n) is 3.38. The summed E-state index contributed by atoms with van der Waals surface area (Å²) in [5.41, 5.74) is 0.370. The second-order valence-corrected chi connectivity index (χ2v) is 7.96. The molecular formula is C23H27F3N2O2. The van der Waals surface area contributed by atoms with Gasteiger partial charge in [0.1, 0.15) is 5.75 Å². The highest BCUT2D eigenvalue weighted by Crippen LogP contribution is 2.36. The van der Waals surface area contributed by atoms with Crippen LogP contribution in [0.15, 0.2) is 42.5 Å². The zero-order chi connectivity index (χ0) is 21.7. The Morgan fingerprint density at radius 1 is 1.07 bits per heavy atom. The topological polar surface area (TPSA) is 41.6 Å². The van der Waals surface area contributed by atoms with Crippen LogP contribution in [-0.2, 0) is 6.18 Å². The summed E-state index contributed by atoms with van der Waals surface area (Å²) in [5.74, 6) is 0.568. The van der Waals surface area contributed by atoms with E-state index >= 15 is 0 Å². The zero-order valence-electron chi connectivity index (χ0n) is 17.3. The van der Waals surface area contributed by atoms with Gasteiger partial charge in [-0.05, 0) is 67.6 Å². The van der Waals surface area contributed by atoms with Gasteiger partial charge in [-0.15, -0.1) is 0 Å². The second-order valence-electron chi connectivity index (χ2n) is 7.96. The highest BCUT2D eigenvalue weighted by atomic mass is 19.4. The number of nitrogens with one attached hydrogen (secondary N) is 1. The lowest BCUT2D eigenvalue weighted by Crippen LogP contribution is -2.30. The molecule has 0 aliphatic carbocycles. The van der Waals surface area contributed by atoms with Crippen molar-refractivity contribution in [2.75, 3.05) is 29.9 Å². The molecule has 1 aliphatic rings. The van der Waals surface area contributed by atoms with Gasteiger partial charge in [0.15, 0.2) is 0 Å². The number of ether oxygens (including phenoxy) is 1. The summed E-state index contributed by atoms with van der Waals surface area (Å²) >= 11 is 0. The molecule has 1 N–H and O–H groups in total. The van der Waals surface area contributed by atoms with E-state index < -0.39 is 17.6 Å². The Bertz CT molecular complexity index is 858. The van der Waals surface area contributed by atoms with E-state index in [0.29, 0.717) is 29.5 Å². The van der Waals surface area contributed by atoms with Crippen molar-refractivity contribution in [2.45, 2.75) is 39.3 Å². The van der Waals surface area contributed by atoms with E-state index in [1.54, 1.807) is 24.3 Å². The molecule has 1 amide bonds. The van der Waals surface area contributed by atoms with Gasteiger partial charge in [0.25, 0.3) is 5.91 Å². The smallest absolute Gasteiger partial charge is 0.416 e. The average molecular weight is 420 g/mol. The molecule has 4 nitrogen and oxygen atoms in total. The maximum atomic E-state index is 13.2. The number of hydrogen-bond donors (Lipinski definition) is 1. The SMILES string of the molecule is CC(C)COc1ccc(C(=O)Nc2cc(C(F)(F)F)ccc2N2CCCCC2)cc1. The van der Waals surface area contributed by atoms with Crippen molar-refractivity contribution in [3.05, 3.63) is 53.6 Å². The molecule has 162 valence electrons. The predicted molar refractivity (Wildman–Crippen MR) is 112 cm³/mol. The highest BCUT2D eigenvalue weighted by Gasteiger charge is 2.32. The number of carbonyl (C=O) groups is 1. The molecule has 3 rings (SSSR count). The first kappa shape index (κ1) is 22.0. The number of amides is 1. The number of nitrogens with zero attached hydrogens (tertiary/aromatic N) is 1. The van der Waals surface area contributed by atoms with Crippen LogP contribution >= 0.6 is 0 Å². The highest BCUT2D eigenvalue weighted by molar-refractivity contribution is 6.06. The molecule has 0 bridgehead atoms. The van der Waals surface area contributed by atoms with Crippen LogP contribution in [0.5, 0.6) is 5.75 Å². The maximum Gasteiger partial charge on any atom is 0.416 e. The Morgan fingerprint density at radius 2 is 1.73 bits per heavy atom. The average Bonchev–Trinajstić information content (AvgIpc) is 2.72. The molecule has 30 heavy (non-hydrogen) atoms. The standard InChI is InChI=1S/C23H27F3N2O2/c1-16(2)15-30-19-9-6-17(7-10-19)22(29)27-20-14-18(23(24,25)26)8-11-21(20)28-12-4-3-5-13-28/h6-11,14,16H,3-5,12-13,15H2,1-2H3,(H,27,29). The van der Waals surface area contributed by atoms with Crippen molar-refractivity contribution >= 4 is 17.3 Å². The lowest BCUT2D eigenvalue weighted by Gasteiger charge is -2.31. The number of anilines is 2. The van der Waals surface area contributed by atoms with Gasteiger partial charge < -0.3 is 15.0 Å². The quantitative estimate of drug-likeness (QED) is 0.625. The van der Waals surface area contributed by atoms with E-state index in [4.69, 9.17) is 4.74 Å². The number of alkyl halides is 3. The van der Waals surface area contributed by atoms with Crippen LogP contribution in [0.4, 0.5) is 24.5 Å². The Morgan fingerprint density at radius 3 is 2.33 bits per heavy atom. The van der Waals surface area contributed by atoms with Gasteiger partial charge in [-0.2, -0.15) is 13.2 Å². The lowest BCUT2D eigenvalue weighted by molar-refractivity contribution is -0.137. The Balaban J connectivity index is 1.81. The van der Waals surface area contributed by atoms with Crippen LogP contribution in [0.2, 0.25) is 0 Å². The lowest BCUT2D eigenvalue weighted by atomic mass is 10.1. The largest absolute Gasteiger partial charge is 0.493 e. The molecule has 0 radical (unpaired) electrons. The molecule has 7 heteroatoms. The van der Waals surface area contributed by atoms with Crippen molar-refractivity contribution in [3.63, 3.8) is 0 Å². The Labute approximate surface area is 175 Å². The van der Waals surface area contributed by atoms with Crippen molar-refractivity contribution in [3.8, 4) is 5.75 Å². The van der Waals surface area contributed by atoms with E-state index in [0.717, 1.165) is 44.5 Å². The number of rotatable bonds is 6. The first-order valence-electron chi connectivity index (χ1n) is 10.2. The van der Waals surface area contributed by atoms with Gasteiger partial charge in [-0.3, -0.25) is 4.79 Å². The van der Waals surface area contributed by atoms with Crippen molar-refractivity contribution in [2.24, 2.45) is 5.92 Å². The molecule has 0 unspecified atom stereocenters. The van der Waals surface area contributed by atoms with Gasteiger partial charge in [-0.25, -0.2) is 0 Å². The van der Waals surface area contributed by atoms with E-state index in [9.17, 15) is 18.0 Å². The molecule has 0 saturated carbocycles. The first-order valence-corrected chi connectivity index (χ1v) is 10.2. The molecule has 0 spiro atoms. The third-order valence-corrected chi connectivity index (χ3v) is 4.97. The summed E-state index contributed by atoms with van der Waals surface area (Å²) in [6.45, 7) is 6.16. The van der Waals surface area contributed by atoms with Crippen LogP contribution in [-0.4, -0.2) is 25.6 Å². The molecular weight excluding hydrogens is 393 g/mol. The maximum absolute atomic E-state index is 13.2. The fraction of sp³-hybridized carbons (Fsp3) is 0.435. The van der Waals surface area contributed by atoms with Crippen LogP contribution in [0.25, 0.3) is 0 Å².